The Morgan fingerprint density at radius 2 is 2.00 bits per heavy atom. The second-order valence-corrected chi connectivity index (χ2v) is 4.50. The van der Waals surface area contributed by atoms with E-state index in [0.717, 1.165) is 11.6 Å². The van der Waals surface area contributed by atoms with Gasteiger partial charge < -0.3 is 10.3 Å². The van der Waals surface area contributed by atoms with Crippen molar-refractivity contribution in [1.29, 1.82) is 0 Å². The largest absolute Gasteiger partial charge is 0.347 e. The summed E-state index contributed by atoms with van der Waals surface area (Å²) in [5, 5.41) is 0. The van der Waals surface area contributed by atoms with Crippen LogP contribution < -0.4 is 16.2 Å². The predicted octanol–water partition coefficient (Wildman–Crippen LogP) is 1.49. The molecule has 1 heterocycles. The molecule has 88 valence electrons. The van der Waals surface area contributed by atoms with Crippen LogP contribution in [-0.4, -0.2) is 24.1 Å². The number of rotatable bonds is 3. The molecule has 1 aliphatic carbocycles. The zero-order valence-corrected chi connectivity index (χ0v) is 9.90. The van der Waals surface area contributed by atoms with Crippen molar-refractivity contribution in [3.63, 3.8) is 0 Å². The molecule has 5 heteroatoms. The number of nitrogens with two attached hydrogens (primary N) is 1. The minimum Gasteiger partial charge on any atom is -0.347 e. The summed E-state index contributed by atoms with van der Waals surface area (Å²) in [6.45, 7) is 0. The first-order chi connectivity index (χ1) is 7.70. The van der Waals surface area contributed by atoms with Crippen LogP contribution in [0.25, 0.3) is 0 Å². The van der Waals surface area contributed by atoms with Crippen molar-refractivity contribution < 1.29 is 0 Å². The molecule has 1 aromatic rings. The predicted molar refractivity (Wildman–Crippen MR) is 65.4 cm³/mol. The summed E-state index contributed by atoms with van der Waals surface area (Å²) in [7, 11) is 3.88. The van der Waals surface area contributed by atoms with Crippen LogP contribution in [0.15, 0.2) is 6.07 Å². The highest BCUT2D eigenvalue weighted by Gasteiger charge is 2.20. The average molecular weight is 221 g/mol. The lowest BCUT2D eigenvalue weighted by atomic mass is 10.0. The Hall–Kier alpha value is -1.36. The normalized spacial score (nSPS) is 16.4. The number of hydrogen-bond donors (Lipinski definition) is 2. The van der Waals surface area contributed by atoms with E-state index in [9.17, 15) is 0 Å². The van der Waals surface area contributed by atoms with Crippen LogP contribution in [0.4, 0.5) is 11.8 Å². The van der Waals surface area contributed by atoms with E-state index in [-0.39, 0.29) is 0 Å². The maximum absolute atomic E-state index is 5.43. The van der Waals surface area contributed by atoms with Crippen LogP contribution in [0.5, 0.6) is 0 Å². The number of nitrogens with zero attached hydrogens (tertiary/aromatic N) is 3. The molecular formula is C11H19N5. The topological polar surface area (TPSA) is 67.1 Å². The highest BCUT2D eigenvalue weighted by atomic mass is 15.3. The van der Waals surface area contributed by atoms with E-state index in [1.165, 1.54) is 25.7 Å². The molecule has 1 aliphatic rings. The number of aromatic nitrogens is 2. The second kappa shape index (κ2) is 4.65. The van der Waals surface area contributed by atoms with Crippen molar-refractivity contribution in [1.82, 2.24) is 9.97 Å². The maximum Gasteiger partial charge on any atom is 0.227 e. The Labute approximate surface area is 96.0 Å². The van der Waals surface area contributed by atoms with Gasteiger partial charge >= 0.3 is 0 Å². The molecule has 3 N–H and O–H groups in total. The van der Waals surface area contributed by atoms with Gasteiger partial charge in [0, 0.05) is 26.1 Å². The number of anilines is 2. The first-order valence-electron chi connectivity index (χ1n) is 5.73. The lowest BCUT2D eigenvalue weighted by Gasteiger charge is -2.15. The van der Waals surface area contributed by atoms with E-state index in [1.807, 2.05) is 25.1 Å². The van der Waals surface area contributed by atoms with Crippen LogP contribution in [0.2, 0.25) is 0 Å². The Bertz CT molecular complexity index is 357. The van der Waals surface area contributed by atoms with Crippen molar-refractivity contribution in [3.8, 4) is 0 Å². The van der Waals surface area contributed by atoms with Crippen molar-refractivity contribution in [3.05, 3.63) is 11.8 Å². The summed E-state index contributed by atoms with van der Waals surface area (Å²) in [5.74, 6) is 7.42. The van der Waals surface area contributed by atoms with Gasteiger partial charge in [0.1, 0.15) is 5.82 Å². The van der Waals surface area contributed by atoms with Crippen LogP contribution in [-0.2, 0) is 0 Å². The van der Waals surface area contributed by atoms with Crippen LogP contribution in [0.3, 0.4) is 0 Å². The summed E-state index contributed by atoms with van der Waals surface area (Å²) < 4.78 is 0. The summed E-state index contributed by atoms with van der Waals surface area (Å²) in [6, 6.07) is 1.96. The Balaban J connectivity index is 2.32. The molecule has 1 fully saturated rings. The van der Waals surface area contributed by atoms with E-state index in [1.54, 1.807) is 0 Å². The molecule has 5 nitrogen and oxygen atoms in total. The van der Waals surface area contributed by atoms with Crippen molar-refractivity contribution in [2.45, 2.75) is 31.6 Å². The molecule has 0 aromatic carbocycles. The van der Waals surface area contributed by atoms with E-state index in [0.29, 0.717) is 11.7 Å². The molecule has 0 spiro atoms. The van der Waals surface area contributed by atoms with Gasteiger partial charge in [-0.25, -0.2) is 10.8 Å². The SMILES string of the molecule is CN(C)c1nc(NN)cc(C2CCCC2)n1. The molecule has 1 saturated carbocycles. The van der Waals surface area contributed by atoms with Gasteiger partial charge in [0.2, 0.25) is 5.95 Å². The lowest BCUT2D eigenvalue weighted by Crippen LogP contribution is -2.17. The van der Waals surface area contributed by atoms with Gasteiger partial charge in [0.15, 0.2) is 0 Å². The quantitative estimate of drug-likeness (QED) is 0.598. The standard InChI is InChI=1S/C11H19N5/c1-16(2)11-13-9(7-10(14-11)15-12)8-5-3-4-6-8/h7-8H,3-6,12H2,1-2H3,(H,13,14,15). The monoisotopic (exact) mass is 221 g/mol. The van der Waals surface area contributed by atoms with Gasteiger partial charge in [-0.3, -0.25) is 0 Å². The summed E-state index contributed by atoms with van der Waals surface area (Å²) in [5.41, 5.74) is 3.72. The third-order valence-corrected chi connectivity index (χ3v) is 3.06. The number of nitrogen functional groups attached to an aromatic ring is 1. The van der Waals surface area contributed by atoms with E-state index in [2.05, 4.69) is 15.4 Å². The maximum atomic E-state index is 5.43. The molecule has 16 heavy (non-hydrogen) atoms. The summed E-state index contributed by atoms with van der Waals surface area (Å²) in [4.78, 5) is 10.8. The van der Waals surface area contributed by atoms with E-state index >= 15 is 0 Å². The third kappa shape index (κ3) is 2.24. The second-order valence-electron chi connectivity index (χ2n) is 4.50. The van der Waals surface area contributed by atoms with Gasteiger partial charge in [0.05, 0.1) is 5.69 Å². The van der Waals surface area contributed by atoms with Gasteiger partial charge in [-0.1, -0.05) is 12.8 Å². The molecule has 0 bridgehead atoms. The summed E-state index contributed by atoms with van der Waals surface area (Å²) >= 11 is 0. The number of nitrogens with one attached hydrogen (secondary N) is 1. The Morgan fingerprint density at radius 1 is 1.31 bits per heavy atom. The smallest absolute Gasteiger partial charge is 0.227 e. The average Bonchev–Trinajstić information content (AvgIpc) is 2.81. The van der Waals surface area contributed by atoms with Crippen molar-refractivity contribution in [2.24, 2.45) is 5.84 Å². The van der Waals surface area contributed by atoms with Crippen molar-refractivity contribution in [2.75, 3.05) is 24.4 Å². The molecular weight excluding hydrogens is 202 g/mol. The van der Waals surface area contributed by atoms with Crippen molar-refractivity contribution >= 4 is 11.8 Å². The highest BCUT2D eigenvalue weighted by Crippen LogP contribution is 2.34. The van der Waals surface area contributed by atoms with E-state index in [4.69, 9.17) is 5.84 Å². The van der Waals surface area contributed by atoms with Gasteiger partial charge in [-0.05, 0) is 12.8 Å². The molecule has 0 saturated heterocycles. The van der Waals surface area contributed by atoms with Gasteiger partial charge in [-0.2, -0.15) is 4.98 Å². The zero-order chi connectivity index (χ0) is 11.5. The zero-order valence-electron chi connectivity index (χ0n) is 9.90. The van der Waals surface area contributed by atoms with Gasteiger partial charge in [0.25, 0.3) is 0 Å². The first-order valence-corrected chi connectivity index (χ1v) is 5.73. The third-order valence-electron chi connectivity index (χ3n) is 3.06. The molecule has 0 amide bonds. The summed E-state index contributed by atoms with van der Waals surface area (Å²) in [6.07, 6.45) is 5.07. The lowest BCUT2D eigenvalue weighted by molar-refractivity contribution is 0.693. The minimum atomic E-state index is 0.578. The molecule has 0 aliphatic heterocycles. The highest BCUT2D eigenvalue weighted by molar-refractivity contribution is 5.43. The first kappa shape index (κ1) is 11.1. The van der Waals surface area contributed by atoms with Crippen LogP contribution in [0.1, 0.15) is 37.3 Å². The van der Waals surface area contributed by atoms with Gasteiger partial charge in [-0.15, -0.1) is 0 Å². The Kier molecular flexibility index (Phi) is 3.24. The molecule has 0 unspecified atom stereocenters. The van der Waals surface area contributed by atoms with Crippen LogP contribution >= 0.6 is 0 Å². The molecule has 1 aromatic heterocycles. The molecule has 0 radical (unpaired) electrons. The van der Waals surface area contributed by atoms with Crippen LogP contribution in [0, 0.1) is 0 Å². The minimum absolute atomic E-state index is 0.578. The van der Waals surface area contributed by atoms with E-state index < -0.39 is 0 Å². The molecule has 2 rings (SSSR count). The fraction of sp³-hybridized carbons (Fsp3) is 0.636. The molecule has 0 atom stereocenters. The fourth-order valence-corrected chi connectivity index (χ4v) is 2.16. The fourth-order valence-electron chi connectivity index (χ4n) is 2.16. The Morgan fingerprint density at radius 3 is 2.56 bits per heavy atom. The number of hydrazine groups is 1. The number of hydrogen-bond acceptors (Lipinski definition) is 5.